The lowest BCUT2D eigenvalue weighted by Crippen LogP contribution is -2.05. The number of hydrogen-bond acceptors (Lipinski definition) is 5. The van der Waals surface area contributed by atoms with Gasteiger partial charge in [0, 0.05) is 53.1 Å². The summed E-state index contributed by atoms with van der Waals surface area (Å²) in [7, 11) is 2.67. The summed E-state index contributed by atoms with van der Waals surface area (Å²) in [5, 5.41) is 13.8. The Morgan fingerprint density at radius 3 is 2.41 bits per heavy atom. The van der Waals surface area contributed by atoms with Crippen LogP contribution in [-0.2, 0) is 19.4 Å². The number of fused-ring (bicyclic) bond motifs is 1. The Morgan fingerprint density at radius 2 is 1.78 bits per heavy atom. The second-order valence-electron chi connectivity index (χ2n) is 7.71. The second kappa shape index (κ2) is 8.70. The lowest BCUT2D eigenvalue weighted by Gasteiger charge is -2.14. The van der Waals surface area contributed by atoms with Gasteiger partial charge in [-0.1, -0.05) is 6.08 Å². The van der Waals surface area contributed by atoms with Crippen LogP contribution in [0.1, 0.15) is 28.2 Å². The van der Waals surface area contributed by atoms with E-state index >= 15 is 0 Å². The number of ether oxygens (including phenoxy) is 2. The summed E-state index contributed by atoms with van der Waals surface area (Å²) in [6.07, 6.45) is 4.38. The summed E-state index contributed by atoms with van der Waals surface area (Å²) in [5.41, 5.74) is 5.98. The maximum atomic E-state index is 14.9. The van der Waals surface area contributed by atoms with Gasteiger partial charge in [0.15, 0.2) is 23.1 Å². The fraction of sp³-hybridized carbons (Fsp3) is 0.333. The number of halogens is 2. The van der Waals surface area contributed by atoms with Crippen molar-refractivity contribution in [1.82, 2.24) is 14.8 Å². The van der Waals surface area contributed by atoms with Crippen molar-refractivity contribution in [2.45, 2.75) is 33.2 Å². The van der Waals surface area contributed by atoms with Gasteiger partial charge in [-0.05, 0) is 25.5 Å². The molecule has 1 N–H and O–H groups in total. The number of rotatable bonds is 7. The smallest absolute Gasteiger partial charge is 0.171 e. The van der Waals surface area contributed by atoms with Gasteiger partial charge < -0.3 is 14.6 Å². The minimum atomic E-state index is -0.735. The van der Waals surface area contributed by atoms with Crippen molar-refractivity contribution in [3.8, 4) is 22.6 Å². The van der Waals surface area contributed by atoms with Crippen LogP contribution >= 0.6 is 0 Å². The molecule has 3 aromatic rings. The van der Waals surface area contributed by atoms with Crippen LogP contribution in [0.2, 0.25) is 0 Å². The van der Waals surface area contributed by atoms with Crippen molar-refractivity contribution >= 4 is 5.57 Å². The quantitative estimate of drug-likeness (QED) is 0.600. The van der Waals surface area contributed by atoms with E-state index in [0.717, 1.165) is 39.3 Å². The monoisotopic (exact) mass is 441 g/mol. The van der Waals surface area contributed by atoms with Crippen LogP contribution in [0.5, 0.6) is 11.5 Å². The number of aryl methyl sites for hydroxylation is 1. The van der Waals surface area contributed by atoms with Gasteiger partial charge in [-0.25, -0.2) is 8.78 Å². The Balaban J connectivity index is 1.74. The van der Waals surface area contributed by atoms with E-state index in [0.29, 0.717) is 13.0 Å². The van der Waals surface area contributed by atoms with E-state index in [-0.39, 0.29) is 30.1 Å². The van der Waals surface area contributed by atoms with E-state index in [2.05, 4.69) is 10.1 Å². The Labute approximate surface area is 185 Å². The maximum Gasteiger partial charge on any atom is 0.171 e. The van der Waals surface area contributed by atoms with Crippen molar-refractivity contribution in [2.24, 2.45) is 0 Å². The molecule has 2 heterocycles. The minimum absolute atomic E-state index is 0.00213. The van der Waals surface area contributed by atoms with Crippen molar-refractivity contribution in [3.05, 3.63) is 64.2 Å². The Morgan fingerprint density at radius 1 is 1.09 bits per heavy atom. The van der Waals surface area contributed by atoms with Crippen molar-refractivity contribution in [3.63, 3.8) is 0 Å². The van der Waals surface area contributed by atoms with Gasteiger partial charge in [0.2, 0.25) is 0 Å². The number of aromatic nitrogens is 3. The van der Waals surface area contributed by atoms with Gasteiger partial charge in [0.05, 0.1) is 38.8 Å². The van der Waals surface area contributed by atoms with E-state index in [1.807, 2.05) is 26.0 Å². The highest BCUT2D eigenvalue weighted by molar-refractivity contribution is 5.79. The molecular formula is C24H25F2N3O3. The van der Waals surface area contributed by atoms with Crippen LogP contribution in [0.15, 0.2) is 24.4 Å². The molecule has 0 unspecified atom stereocenters. The first-order valence-corrected chi connectivity index (χ1v) is 10.3. The summed E-state index contributed by atoms with van der Waals surface area (Å²) in [6, 6.07) is 3.20. The fourth-order valence-electron chi connectivity index (χ4n) is 4.28. The molecule has 0 bridgehead atoms. The van der Waals surface area contributed by atoms with E-state index < -0.39 is 11.6 Å². The first kappa shape index (κ1) is 22.0. The average Bonchev–Trinajstić information content (AvgIpc) is 3.31. The van der Waals surface area contributed by atoms with Gasteiger partial charge in [-0.15, -0.1) is 0 Å². The molecule has 0 aliphatic heterocycles. The molecule has 0 radical (unpaired) electrons. The zero-order chi connectivity index (χ0) is 23.0. The number of aliphatic hydroxyl groups is 1. The Bertz CT molecular complexity index is 1190. The van der Waals surface area contributed by atoms with Crippen LogP contribution in [0.25, 0.3) is 16.7 Å². The van der Waals surface area contributed by atoms with Gasteiger partial charge in [0.25, 0.3) is 0 Å². The first-order chi connectivity index (χ1) is 15.4. The van der Waals surface area contributed by atoms with Crippen molar-refractivity contribution in [2.75, 3.05) is 20.8 Å². The van der Waals surface area contributed by atoms with E-state index in [1.165, 1.54) is 20.3 Å². The van der Waals surface area contributed by atoms with Crippen LogP contribution in [0.4, 0.5) is 8.78 Å². The van der Waals surface area contributed by atoms with Crippen LogP contribution < -0.4 is 9.47 Å². The summed E-state index contributed by atoms with van der Waals surface area (Å²) in [6.45, 7) is 4.26. The minimum Gasteiger partial charge on any atom is -0.494 e. The molecule has 4 rings (SSSR count). The van der Waals surface area contributed by atoms with Gasteiger partial charge in [0.1, 0.15) is 0 Å². The number of aliphatic hydroxyl groups excluding tert-OH is 1. The van der Waals surface area contributed by atoms with Crippen molar-refractivity contribution in [1.29, 1.82) is 0 Å². The number of nitrogens with zero attached hydrogens (tertiary/aromatic N) is 3. The molecule has 1 aromatic carbocycles. The molecule has 2 aromatic heterocycles. The fourth-order valence-corrected chi connectivity index (χ4v) is 4.28. The Hall–Kier alpha value is -3.26. The highest BCUT2D eigenvalue weighted by atomic mass is 19.1. The molecule has 6 nitrogen and oxygen atoms in total. The lowest BCUT2D eigenvalue weighted by molar-refractivity contribution is 0.268. The molecule has 0 fully saturated rings. The zero-order valence-corrected chi connectivity index (χ0v) is 18.5. The number of hydrogen-bond donors (Lipinski definition) is 1. The third-order valence-electron chi connectivity index (χ3n) is 5.87. The van der Waals surface area contributed by atoms with Gasteiger partial charge in [-0.2, -0.15) is 5.10 Å². The molecular weight excluding hydrogens is 416 g/mol. The third kappa shape index (κ3) is 3.64. The lowest BCUT2D eigenvalue weighted by atomic mass is 9.96. The summed E-state index contributed by atoms with van der Waals surface area (Å²) < 4.78 is 41.7. The third-order valence-corrected chi connectivity index (χ3v) is 5.87. The van der Waals surface area contributed by atoms with Crippen LogP contribution in [-0.4, -0.2) is 40.7 Å². The van der Waals surface area contributed by atoms with E-state index in [4.69, 9.17) is 9.47 Å². The SMILES string of the molecule is COc1cc(OC)c(F)c(CC2=CCc3ncc(-c4c(C)nn(CCO)c4C)cc32)c1F. The zero-order valence-electron chi connectivity index (χ0n) is 18.5. The second-order valence-corrected chi connectivity index (χ2v) is 7.71. The average molecular weight is 441 g/mol. The predicted molar refractivity (Wildman–Crippen MR) is 117 cm³/mol. The number of methoxy groups -OCH3 is 2. The topological polar surface area (TPSA) is 69.4 Å². The van der Waals surface area contributed by atoms with Crippen LogP contribution in [0, 0.1) is 25.5 Å². The van der Waals surface area contributed by atoms with Crippen molar-refractivity contribution < 1.29 is 23.4 Å². The molecule has 0 spiro atoms. The molecule has 1 aliphatic rings. The summed E-state index contributed by atoms with van der Waals surface area (Å²) >= 11 is 0. The Kier molecular flexibility index (Phi) is 5.97. The normalized spacial score (nSPS) is 12.7. The first-order valence-electron chi connectivity index (χ1n) is 10.3. The van der Waals surface area contributed by atoms with Gasteiger partial charge >= 0.3 is 0 Å². The molecule has 32 heavy (non-hydrogen) atoms. The molecule has 1 aliphatic carbocycles. The largest absolute Gasteiger partial charge is 0.494 e. The van der Waals surface area contributed by atoms with Gasteiger partial charge in [-0.3, -0.25) is 9.67 Å². The summed E-state index contributed by atoms with van der Waals surface area (Å²) in [5.74, 6) is -1.60. The number of pyridine rings is 1. The molecule has 0 atom stereocenters. The standard InChI is InChI=1S/C24H25F2N3O3/c1-13-22(14(2)29(28-13)7-8-30)16-10-17-15(5-6-19(17)27-12-16)9-18-23(25)20(31-3)11-21(32-4)24(18)26/h5,10-12,30H,6-9H2,1-4H3. The molecule has 168 valence electrons. The molecule has 0 amide bonds. The van der Waals surface area contributed by atoms with Crippen LogP contribution in [0.3, 0.4) is 0 Å². The summed E-state index contributed by atoms with van der Waals surface area (Å²) in [4.78, 5) is 4.60. The molecule has 8 heteroatoms. The molecule has 0 saturated carbocycles. The van der Waals surface area contributed by atoms with E-state index in [9.17, 15) is 13.9 Å². The van der Waals surface area contributed by atoms with E-state index in [1.54, 1.807) is 10.9 Å². The number of allylic oxidation sites excluding steroid dienone is 2. The molecule has 0 saturated heterocycles. The number of benzene rings is 1. The highest BCUT2D eigenvalue weighted by Crippen LogP contribution is 2.38. The highest BCUT2D eigenvalue weighted by Gasteiger charge is 2.25. The maximum absolute atomic E-state index is 14.9. The predicted octanol–water partition coefficient (Wildman–Crippen LogP) is 4.03.